The van der Waals surface area contributed by atoms with E-state index in [1.54, 1.807) is 0 Å². The number of benzene rings is 1. The second kappa shape index (κ2) is 5.31. The van der Waals surface area contributed by atoms with Crippen molar-refractivity contribution in [1.82, 2.24) is 4.90 Å². The molecular formula is C15H21NO3. The van der Waals surface area contributed by atoms with Crippen LogP contribution in [0.1, 0.15) is 24.1 Å². The van der Waals surface area contributed by atoms with E-state index < -0.39 is 11.4 Å². The van der Waals surface area contributed by atoms with Gasteiger partial charge in [-0.25, -0.2) is 0 Å². The van der Waals surface area contributed by atoms with E-state index in [-0.39, 0.29) is 19.3 Å². The molecule has 19 heavy (non-hydrogen) atoms. The molecule has 0 amide bonds. The SMILES string of the molecule is CCc1ccc(C(N(C)C)C2(C(=O)O)COC2)cc1. The first-order valence-corrected chi connectivity index (χ1v) is 6.57. The Hall–Kier alpha value is -1.39. The van der Waals surface area contributed by atoms with Crippen LogP contribution >= 0.6 is 0 Å². The highest BCUT2D eigenvalue weighted by Crippen LogP contribution is 2.43. The zero-order valence-corrected chi connectivity index (χ0v) is 11.7. The predicted octanol–water partition coefficient (Wildman–Crippen LogP) is 1.95. The van der Waals surface area contributed by atoms with Crippen molar-refractivity contribution in [2.24, 2.45) is 5.41 Å². The highest BCUT2D eigenvalue weighted by molar-refractivity contribution is 5.77. The van der Waals surface area contributed by atoms with E-state index in [1.807, 2.05) is 31.1 Å². The molecule has 1 aromatic carbocycles. The fourth-order valence-corrected chi connectivity index (χ4v) is 2.77. The van der Waals surface area contributed by atoms with Crippen molar-refractivity contribution in [2.45, 2.75) is 19.4 Å². The molecule has 0 bridgehead atoms. The molecule has 1 unspecified atom stereocenters. The molecule has 1 aliphatic rings. The van der Waals surface area contributed by atoms with Crippen molar-refractivity contribution in [3.05, 3.63) is 35.4 Å². The number of hydrogen-bond acceptors (Lipinski definition) is 3. The summed E-state index contributed by atoms with van der Waals surface area (Å²) in [5, 5.41) is 9.56. The second-order valence-electron chi connectivity index (χ2n) is 5.42. The Kier molecular flexibility index (Phi) is 3.92. The Morgan fingerprint density at radius 1 is 1.37 bits per heavy atom. The molecule has 0 radical (unpaired) electrons. The Labute approximate surface area is 114 Å². The van der Waals surface area contributed by atoms with E-state index in [9.17, 15) is 9.90 Å². The van der Waals surface area contributed by atoms with E-state index in [1.165, 1.54) is 5.56 Å². The molecule has 1 heterocycles. The van der Waals surface area contributed by atoms with Crippen molar-refractivity contribution in [2.75, 3.05) is 27.3 Å². The number of hydrogen-bond donors (Lipinski definition) is 1. The molecule has 1 aliphatic heterocycles. The summed E-state index contributed by atoms with van der Waals surface area (Å²) < 4.78 is 5.19. The lowest BCUT2D eigenvalue weighted by molar-refractivity contribution is -0.193. The fraction of sp³-hybridized carbons (Fsp3) is 0.533. The van der Waals surface area contributed by atoms with Crippen molar-refractivity contribution in [3.63, 3.8) is 0 Å². The Morgan fingerprint density at radius 2 is 1.95 bits per heavy atom. The molecule has 4 heteroatoms. The summed E-state index contributed by atoms with van der Waals surface area (Å²) in [6, 6.07) is 8.05. The lowest BCUT2D eigenvalue weighted by Crippen LogP contribution is -2.56. The summed E-state index contributed by atoms with van der Waals surface area (Å²) in [6.07, 6.45) is 0.986. The number of nitrogens with zero attached hydrogens (tertiary/aromatic N) is 1. The van der Waals surface area contributed by atoms with Gasteiger partial charge in [-0.2, -0.15) is 0 Å². The Balaban J connectivity index is 2.36. The first kappa shape index (κ1) is 14.0. The van der Waals surface area contributed by atoms with Crippen LogP contribution in [0.25, 0.3) is 0 Å². The van der Waals surface area contributed by atoms with Crippen molar-refractivity contribution in [1.29, 1.82) is 0 Å². The smallest absolute Gasteiger partial charge is 0.316 e. The summed E-state index contributed by atoms with van der Waals surface area (Å²) in [5.41, 5.74) is 1.47. The van der Waals surface area contributed by atoms with Crippen molar-refractivity contribution < 1.29 is 14.6 Å². The van der Waals surface area contributed by atoms with Crippen LogP contribution in [-0.2, 0) is 16.0 Å². The molecule has 2 rings (SSSR count). The van der Waals surface area contributed by atoms with Crippen LogP contribution in [0.5, 0.6) is 0 Å². The van der Waals surface area contributed by atoms with Crippen LogP contribution in [0.3, 0.4) is 0 Å². The topological polar surface area (TPSA) is 49.8 Å². The van der Waals surface area contributed by atoms with E-state index in [0.29, 0.717) is 0 Å². The zero-order valence-electron chi connectivity index (χ0n) is 11.7. The van der Waals surface area contributed by atoms with Crippen LogP contribution in [0.4, 0.5) is 0 Å². The minimum Gasteiger partial charge on any atom is -0.481 e. The molecule has 0 aliphatic carbocycles. The van der Waals surface area contributed by atoms with E-state index in [4.69, 9.17) is 4.74 Å². The van der Waals surface area contributed by atoms with Crippen molar-refractivity contribution in [3.8, 4) is 0 Å². The van der Waals surface area contributed by atoms with E-state index in [0.717, 1.165) is 12.0 Å². The molecule has 1 N–H and O–H groups in total. The highest BCUT2D eigenvalue weighted by Gasteiger charge is 2.53. The predicted molar refractivity (Wildman–Crippen MR) is 73.1 cm³/mol. The number of carboxylic acid groups (broad SMARTS) is 1. The molecule has 4 nitrogen and oxygen atoms in total. The molecule has 1 aromatic rings. The van der Waals surface area contributed by atoms with Gasteiger partial charge in [-0.15, -0.1) is 0 Å². The molecule has 0 aromatic heterocycles. The number of aliphatic carboxylic acids is 1. The number of ether oxygens (including phenoxy) is 1. The van der Waals surface area contributed by atoms with Gasteiger partial charge in [-0.05, 0) is 31.6 Å². The summed E-state index contributed by atoms with van der Waals surface area (Å²) in [4.78, 5) is 13.6. The molecular weight excluding hydrogens is 242 g/mol. The van der Waals surface area contributed by atoms with Gasteiger partial charge >= 0.3 is 5.97 Å². The normalized spacial score (nSPS) is 18.9. The average Bonchev–Trinajstić information content (AvgIpc) is 2.32. The van der Waals surface area contributed by atoms with Gasteiger partial charge < -0.3 is 14.7 Å². The number of aryl methyl sites for hydroxylation is 1. The van der Waals surface area contributed by atoms with Crippen LogP contribution in [0, 0.1) is 5.41 Å². The van der Waals surface area contributed by atoms with Gasteiger partial charge in [0.15, 0.2) is 0 Å². The summed E-state index contributed by atoms with van der Waals surface area (Å²) in [7, 11) is 3.84. The summed E-state index contributed by atoms with van der Waals surface area (Å²) in [5.74, 6) is -0.781. The maximum Gasteiger partial charge on any atom is 0.316 e. The first-order valence-electron chi connectivity index (χ1n) is 6.57. The largest absolute Gasteiger partial charge is 0.481 e. The monoisotopic (exact) mass is 263 g/mol. The van der Waals surface area contributed by atoms with Crippen molar-refractivity contribution >= 4 is 5.97 Å². The average molecular weight is 263 g/mol. The second-order valence-corrected chi connectivity index (χ2v) is 5.42. The number of carbonyl (C=O) groups is 1. The lowest BCUT2D eigenvalue weighted by Gasteiger charge is -2.46. The molecule has 1 atom stereocenters. The Bertz CT molecular complexity index is 449. The van der Waals surface area contributed by atoms with Gasteiger partial charge in [-0.3, -0.25) is 4.79 Å². The van der Waals surface area contributed by atoms with Crippen LogP contribution in [0.2, 0.25) is 0 Å². The molecule has 1 saturated heterocycles. The molecule has 1 fully saturated rings. The summed E-state index contributed by atoms with van der Waals surface area (Å²) >= 11 is 0. The summed E-state index contributed by atoms with van der Waals surface area (Å²) in [6.45, 7) is 2.67. The van der Waals surface area contributed by atoms with Crippen LogP contribution in [-0.4, -0.2) is 43.3 Å². The van der Waals surface area contributed by atoms with Gasteiger partial charge in [0.1, 0.15) is 5.41 Å². The van der Waals surface area contributed by atoms with E-state index in [2.05, 4.69) is 19.1 Å². The van der Waals surface area contributed by atoms with Gasteiger partial charge in [-0.1, -0.05) is 31.2 Å². The third-order valence-electron chi connectivity index (χ3n) is 3.89. The van der Waals surface area contributed by atoms with E-state index >= 15 is 0 Å². The highest BCUT2D eigenvalue weighted by atomic mass is 16.5. The first-order chi connectivity index (χ1) is 9.01. The van der Waals surface area contributed by atoms with Crippen LogP contribution < -0.4 is 0 Å². The lowest BCUT2D eigenvalue weighted by atomic mass is 9.74. The third kappa shape index (κ3) is 2.38. The van der Waals surface area contributed by atoms with Gasteiger partial charge in [0.25, 0.3) is 0 Å². The molecule has 0 saturated carbocycles. The zero-order chi connectivity index (χ0) is 14.0. The van der Waals surface area contributed by atoms with Crippen LogP contribution in [0.15, 0.2) is 24.3 Å². The fourth-order valence-electron chi connectivity index (χ4n) is 2.77. The quantitative estimate of drug-likeness (QED) is 0.882. The van der Waals surface area contributed by atoms with Gasteiger partial charge in [0.05, 0.1) is 19.3 Å². The standard InChI is InChI=1S/C15H21NO3/c1-4-11-5-7-12(8-6-11)13(16(2)3)15(14(17)18)9-19-10-15/h5-8,13H,4,9-10H2,1-3H3,(H,17,18). The minimum absolute atomic E-state index is 0.162. The number of rotatable bonds is 5. The maximum absolute atomic E-state index is 11.6. The molecule has 0 spiro atoms. The molecule has 104 valence electrons. The third-order valence-corrected chi connectivity index (χ3v) is 3.89. The maximum atomic E-state index is 11.6. The van der Waals surface area contributed by atoms with Gasteiger partial charge in [0, 0.05) is 0 Å². The minimum atomic E-state index is -0.822. The van der Waals surface area contributed by atoms with Gasteiger partial charge in [0.2, 0.25) is 0 Å². The Morgan fingerprint density at radius 3 is 2.26 bits per heavy atom. The number of carboxylic acids is 1.